The third-order valence-corrected chi connectivity index (χ3v) is 3.40. The van der Waals surface area contributed by atoms with Gasteiger partial charge < -0.3 is 5.32 Å². The molecule has 1 aliphatic heterocycles. The molecule has 0 saturated carbocycles. The lowest BCUT2D eigenvalue weighted by Crippen LogP contribution is -2.33. The zero-order valence-electron chi connectivity index (χ0n) is 11.1. The summed E-state index contributed by atoms with van der Waals surface area (Å²) < 4.78 is 0. The lowest BCUT2D eigenvalue weighted by Gasteiger charge is -2.20. The Labute approximate surface area is 116 Å². The van der Waals surface area contributed by atoms with E-state index in [0.29, 0.717) is 17.0 Å². The molecule has 2 amide bonds. The molecule has 0 unspecified atom stereocenters. The first kappa shape index (κ1) is 13.9. The van der Waals surface area contributed by atoms with Gasteiger partial charge in [-0.15, -0.1) is 11.8 Å². The van der Waals surface area contributed by atoms with Gasteiger partial charge in [-0.05, 0) is 39.0 Å². The number of hydroxylamine groups is 1. The van der Waals surface area contributed by atoms with E-state index in [1.165, 1.54) is 11.8 Å². The van der Waals surface area contributed by atoms with Crippen LogP contribution in [-0.2, 0) is 9.63 Å². The molecule has 1 heterocycles. The van der Waals surface area contributed by atoms with Gasteiger partial charge in [0.2, 0.25) is 5.91 Å². The number of amides is 2. The van der Waals surface area contributed by atoms with Crippen molar-refractivity contribution in [3.05, 3.63) is 23.8 Å². The Morgan fingerprint density at radius 2 is 2.16 bits per heavy atom. The first-order valence-electron chi connectivity index (χ1n) is 5.90. The average molecular weight is 280 g/mol. The molecule has 1 aromatic carbocycles. The summed E-state index contributed by atoms with van der Waals surface area (Å²) in [5.41, 5.74) is 3.07. The Kier molecular flexibility index (Phi) is 3.82. The van der Waals surface area contributed by atoms with Crippen LogP contribution < -0.4 is 10.8 Å². The van der Waals surface area contributed by atoms with E-state index in [9.17, 15) is 9.59 Å². The first-order chi connectivity index (χ1) is 8.85. The number of benzene rings is 1. The SMILES string of the molecule is CC(C)(C)ONC(=O)c1ccc2c(c1)NC(=O)CS2. The average Bonchev–Trinajstić information content (AvgIpc) is 2.34. The zero-order valence-corrected chi connectivity index (χ0v) is 11.9. The molecule has 102 valence electrons. The Morgan fingerprint density at radius 3 is 2.84 bits per heavy atom. The lowest BCUT2D eigenvalue weighted by atomic mass is 10.2. The first-order valence-corrected chi connectivity index (χ1v) is 6.89. The van der Waals surface area contributed by atoms with E-state index in [-0.39, 0.29) is 11.8 Å². The van der Waals surface area contributed by atoms with Gasteiger partial charge in [0, 0.05) is 10.5 Å². The number of anilines is 1. The van der Waals surface area contributed by atoms with Crippen LogP contribution in [0.25, 0.3) is 0 Å². The normalized spacial score (nSPS) is 14.6. The Bertz CT molecular complexity index is 523. The highest BCUT2D eigenvalue weighted by atomic mass is 32.2. The molecule has 0 saturated heterocycles. The van der Waals surface area contributed by atoms with Gasteiger partial charge in [0.15, 0.2) is 0 Å². The van der Waals surface area contributed by atoms with Crippen LogP contribution in [0.2, 0.25) is 0 Å². The second kappa shape index (κ2) is 5.22. The van der Waals surface area contributed by atoms with Gasteiger partial charge in [0.1, 0.15) is 0 Å². The van der Waals surface area contributed by atoms with Gasteiger partial charge in [0.05, 0.1) is 17.0 Å². The number of hydrogen-bond donors (Lipinski definition) is 2. The molecule has 1 aliphatic rings. The summed E-state index contributed by atoms with van der Waals surface area (Å²) in [5.74, 6) is 0.0228. The molecule has 0 radical (unpaired) electrons. The van der Waals surface area contributed by atoms with Gasteiger partial charge in [-0.1, -0.05) is 0 Å². The van der Waals surface area contributed by atoms with Gasteiger partial charge in [-0.25, -0.2) is 5.48 Å². The maximum Gasteiger partial charge on any atom is 0.274 e. The molecule has 0 bridgehead atoms. The van der Waals surface area contributed by atoms with Gasteiger partial charge in [-0.2, -0.15) is 0 Å². The number of carbonyl (C=O) groups is 2. The lowest BCUT2D eigenvalue weighted by molar-refractivity contribution is -0.113. The molecule has 0 fully saturated rings. The maximum atomic E-state index is 11.9. The fraction of sp³-hybridized carbons (Fsp3) is 0.385. The van der Waals surface area contributed by atoms with E-state index < -0.39 is 5.60 Å². The van der Waals surface area contributed by atoms with Crippen molar-refractivity contribution < 1.29 is 14.4 Å². The monoisotopic (exact) mass is 280 g/mol. The van der Waals surface area contributed by atoms with Crippen molar-refractivity contribution in [1.82, 2.24) is 5.48 Å². The van der Waals surface area contributed by atoms with Crippen molar-refractivity contribution in [3.8, 4) is 0 Å². The van der Waals surface area contributed by atoms with E-state index in [4.69, 9.17) is 4.84 Å². The van der Waals surface area contributed by atoms with Crippen molar-refractivity contribution in [2.75, 3.05) is 11.1 Å². The van der Waals surface area contributed by atoms with Crippen LogP contribution in [0.15, 0.2) is 23.1 Å². The number of fused-ring (bicyclic) bond motifs is 1. The second-order valence-corrected chi connectivity index (χ2v) is 6.21. The van der Waals surface area contributed by atoms with Gasteiger partial charge >= 0.3 is 0 Å². The molecule has 0 aromatic heterocycles. The minimum atomic E-state index is -0.450. The summed E-state index contributed by atoms with van der Waals surface area (Å²) in [7, 11) is 0. The van der Waals surface area contributed by atoms with Gasteiger partial charge in [-0.3, -0.25) is 14.4 Å². The van der Waals surface area contributed by atoms with E-state index in [2.05, 4.69) is 10.8 Å². The van der Waals surface area contributed by atoms with Crippen LogP contribution in [0.3, 0.4) is 0 Å². The van der Waals surface area contributed by atoms with Crippen LogP contribution >= 0.6 is 11.8 Å². The van der Waals surface area contributed by atoms with E-state index in [1.807, 2.05) is 26.8 Å². The molecule has 2 rings (SSSR count). The highest BCUT2D eigenvalue weighted by Gasteiger charge is 2.18. The van der Waals surface area contributed by atoms with Crippen LogP contribution in [0, 0.1) is 0 Å². The minimum absolute atomic E-state index is 0.0546. The summed E-state index contributed by atoms with van der Waals surface area (Å²) in [6.07, 6.45) is 0. The molecule has 5 nitrogen and oxygen atoms in total. The molecule has 19 heavy (non-hydrogen) atoms. The van der Waals surface area contributed by atoms with Crippen LogP contribution in [-0.4, -0.2) is 23.2 Å². The molecule has 1 aromatic rings. The molecule has 0 atom stereocenters. The molecular weight excluding hydrogens is 264 g/mol. The number of rotatable bonds is 2. The van der Waals surface area contributed by atoms with Crippen molar-refractivity contribution in [1.29, 1.82) is 0 Å². The molecule has 6 heteroatoms. The summed E-state index contributed by atoms with van der Waals surface area (Å²) in [4.78, 5) is 29.4. The number of nitrogens with one attached hydrogen (secondary N) is 2. The van der Waals surface area contributed by atoms with E-state index in [0.717, 1.165) is 4.90 Å². The fourth-order valence-corrected chi connectivity index (χ4v) is 2.27. The number of hydrogen-bond acceptors (Lipinski definition) is 4. The molecular formula is C13H16N2O3S. The minimum Gasteiger partial charge on any atom is -0.324 e. The third kappa shape index (κ3) is 3.71. The second-order valence-electron chi connectivity index (χ2n) is 5.19. The van der Waals surface area contributed by atoms with Crippen molar-refractivity contribution in [2.24, 2.45) is 0 Å². The topological polar surface area (TPSA) is 67.4 Å². The number of thioether (sulfide) groups is 1. The summed E-state index contributed by atoms with van der Waals surface area (Å²) in [6.45, 7) is 5.53. The zero-order chi connectivity index (χ0) is 14.0. The van der Waals surface area contributed by atoms with Crippen molar-refractivity contribution in [3.63, 3.8) is 0 Å². The van der Waals surface area contributed by atoms with E-state index in [1.54, 1.807) is 12.1 Å². The number of carbonyl (C=O) groups excluding carboxylic acids is 2. The Morgan fingerprint density at radius 1 is 1.42 bits per heavy atom. The van der Waals surface area contributed by atoms with Crippen LogP contribution in [0.1, 0.15) is 31.1 Å². The van der Waals surface area contributed by atoms with Gasteiger partial charge in [0.25, 0.3) is 5.91 Å². The van der Waals surface area contributed by atoms with Crippen LogP contribution in [0.5, 0.6) is 0 Å². The molecule has 0 aliphatic carbocycles. The van der Waals surface area contributed by atoms with Crippen LogP contribution in [0.4, 0.5) is 5.69 Å². The maximum absolute atomic E-state index is 11.9. The molecule has 0 spiro atoms. The Hall–Kier alpha value is -1.53. The predicted molar refractivity (Wildman–Crippen MR) is 74.1 cm³/mol. The summed E-state index contributed by atoms with van der Waals surface area (Å²) in [5, 5.41) is 2.75. The molecule has 2 N–H and O–H groups in total. The third-order valence-electron chi connectivity index (χ3n) is 2.32. The smallest absolute Gasteiger partial charge is 0.274 e. The predicted octanol–water partition coefficient (Wildman–Crippen LogP) is 2.19. The highest BCUT2D eigenvalue weighted by molar-refractivity contribution is 8.00. The van der Waals surface area contributed by atoms with E-state index >= 15 is 0 Å². The largest absolute Gasteiger partial charge is 0.324 e. The summed E-state index contributed by atoms with van der Waals surface area (Å²) >= 11 is 1.46. The quantitative estimate of drug-likeness (QED) is 0.815. The standard InChI is InChI=1S/C13H16N2O3S/c1-13(2,3)18-15-12(17)8-4-5-10-9(6-8)14-11(16)7-19-10/h4-6H,7H2,1-3H3,(H,14,16)(H,15,17). The summed E-state index contributed by atoms with van der Waals surface area (Å²) in [6, 6.07) is 5.19. The highest BCUT2D eigenvalue weighted by Crippen LogP contribution is 2.31. The van der Waals surface area contributed by atoms with Crippen molar-refractivity contribution >= 4 is 29.3 Å². The fourth-order valence-electron chi connectivity index (χ4n) is 1.48. The Balaban J connectivity index is 2.11. The van der Waals surface area contributed by atoms with Crippen molar-refractivity contribution in [2.45, 2.75) is 31.3 Å².